The molecule has 2 rings (SSSR count). The van der Waals surface area contributed by atoms with Gasteiger partial charge in [0, 0.05) is 23.2 Å². The number of rotatable bonds is 2. The van der Waals surface area contributed by atoms with Gasteiger partial charge < -0.3 is 5.32 Å². The number of nitrogens with one attached hydrogen (secondary N) is 1. The zero-order valence-electron chi connectivity index (χ0n) is 8.13. The first-order chi connectivity index (χ1) is 6.27. The van der Waals surface area contributed by atoms with Crippen LogP contribution < -0.4 is 5.32 Å². The van der Waals surface area contributed by atoms with Gasteiger partial charge in [-0.05, 0) is 25.0 Å². The highest BCUT2D eigenvalue weighted by Gasteiger charge is 2.18. The molecule has 1 aromatic rings. The molecule has 0 spiro atoms. The van der Waals surface area contributed by atoms with Crippen molar-refractivity contribution in [3.05, 3.63) is 29.3 Å². The highest BCUT2D eigenvalue weighted by Crippen LogP contribution is 2.26. The van der Waals surface area contributed by atoms with E-state index >= 15 is 0 Å². The molecule has 2 heteroatoms. The molecule has 0 atom stereocenters. The molecule has 1 aliphatic rings. The van der Waals surface area contributed by atoms with Crippen LogP contribution in [0.1, 0.15) is 11.1 Å². The Labute approximate surface area is 83.9 Å². The van der Waals surface area contributed by atoms with Gasteiger partial charge in [-0.1, -0.05) is 18.2 Å². The van der Waals surface area contributed by atoms with E-state index in [1.165, 1.54) is 28.3 Å². The van der Waals surface area contributed by atoms with Gasteiger partial charge in [0.1, 0.15) is 0 Å². The third-order valence-corrected chi connectivity index (χ3v) is 3.74. The first kappa shape index (κ1) is 8.95. The van der Waals surface area contributed by atoms with E-state index in [1.807, 2.05) is 11.8 Å². The van der Waals surface area contributed by atoms with Crippen molar-refractivity contribution >= 4 is 17.4 Å². The maximum atomic E-state index is 3.59. The number of hydrogen-bond acceptors (Lipinski definition) is 2. The normalized spacial score (nSPS) is 16.8. The molecule has 1 N–H and O–H groups in total. The summed E-state index contributed by atoms with van der Waals surface area (Å²) in [5.74, 6) is 2.52. The molecule has 0 saturated carbocycles. The number of aryl methyl sites for hydroxylation is 2. The molecule has 1 fully saturated rings. The fourth-order valence-electron chi connectivity index (χ4n) is 1.57. The average molecular weight is 193 g/mol. The number of benzene rings is 1. The van der Waals surface area contributed by atoms with Crippen LogP contribution in [0.15, 0.2) is 18.2 Å². The van der Waals surface area contributed by atoms with Crippen molar-refractivity contribution in [1.29, 1.82) is 0 Å². The summed E-state index contributed by atoms with van der Waals surface area (Å²) in [5, 5.41) is 3.59. The summed E-state index contributed by atoms with van der Waals surface area (Å²) in [5.41, 5.74) is 4.06. The summed E-state index contributed by atoms with van der Waals surface area (Å²) in [6.07, 6.45) is 0. The van der Waals surface area contributed by atoms with Gasteiger partial charge in [-0.3, -0.25) is 0 Å². The second-order valence-electron chi connectivity index (χ2n) is 3.65. The van der Waals surface area contributed by atoms with Gasteiger partial charge in [0.2, 0.25) is 0 Å². The Kier molecular flexibility index (Phi) is 2.49. The minimum atomic E-state index is 0.699. The third kappa shape index (κ3) is 1.83. The summed E-state index contributed by atoms with van der Waals surface area (Å²) in [4.78, 5) is 0. The Balaban J connectivity index is 2.17. The highest BCUT2D eigenvalue weighted by molar-refractivity contribution is 8.00. The second kappa shape index (κ2) is 3.62. The first-order valence-electron chi connectivity index (χ1n) is 4.68. The van der Waals surface area contributed by atoms with Crippen molar-refractivity contribution < 1.29 is 0 Å². The largest absolute Gasteiger partial charge is 0.380 e. The Hall–Kier alpha value is -0.630. The molecular formula is C11H15NS. The van der Waals surface area contributed by atoms with Crippen molar-refractivity contribution in [3.8, 4) is 0 Å². The van der Waals surface area contributed by atoms with Crippen LogP contribution in [0.3, 0.4) is 0 Å². The minimum Gasteiger partial charge on any atom is -0.380 e. The summed E-state index contributed by atoms with van der Waals surface area (Å²) in [7, 11) is 0. The molecule has 0 unspecified atom stereocenters. The van der Waals surface area contributed by atoms with E-state index in [1.54, 1.807) is 0 Å². The molecule has 1 heterocycles. The maximum absolute atomic E-state index is 3.59. The molecular weight excluding hydrogens is 178 g/mol. The number of thioether (sulfide) groups is 1. The maximum Gasteiger partial charge on any atom is 0.0442 e. The van der Waals surface area contributed by atoms with Crippen molar-refractivity contribution in [2.75, 3.05) is 16.8 Å². The van der Waals surface area contributed by atoms with Gasteiger partial charge in [-0.25, -0.2) is 0 Å². The lowest BCUT2D eigenvalue weighted by molar-refractivity contribution is 0.878. The topological polar surface area (TPSA) is 12.0 Å². The van der Waals surface area contributed by atoms with Crippen molar-refractivity contribution in [3.63, 3.8) is 0 Å². The third-order valence-electron chi connectivity index (χ3n) is 2.47. The van der Waals surface area contributed by atoms with E-state index in [-0.39, 0.29) is 0 Å². The van der Waals surface area contributed by atoms with Gasteiger partial charge in [0.25, 0.3) is 0 Å². The monoisotopic (exact) mass is 193 g/mol. The lowest BCUT2D eigenvalue weighted by atomic mass is 10.1. The highest BCUT2D eigenvalue weighted by atomic mass is 32.2. The predicted molar refractivity (Wildman–Crippen MR) is 60.7 cm³/mol. The van der Waals surface area contributed by atoms with Gasteiger partial charge in [0.15, 0.2) is 0 Å². The summed E-state index contributed by atoms with van der Waals surface area (Å²) in [6, 6.07) is 7.15. The number of para-hydroxylation sites is 1. The van der Waals surface area contributed by atoms with Crippen molar-refractivity contribution in [1.82, 2.24) is 0 Å². The van der Waals surface area contributed by atoms with E-state index in [0.29, 0.717) is 6.04 Å². The second-order valence-corrected chi connectivity index (χ2v) is 4.72. The molecule has 1 aromatic carbocycles. The molecule has 70 valence electrons. The standard InChI is InChI=1S/C11H15NS/c1-8-4-3-5-9(2)11(8)12-10-6-13-7-10/h3-5,10,12H,6-7H2,1-2H3. The zero-order chi connectivity index (χ0) is 9.26. The van der Waals surface area contributed by atoms with Crippen LogP contribution in [-0.4, -0.2) is 17.5 Å². The number of hydrogen-bond donors (Lipinski definition) is 1. The molecule has 1 nitrogen and oxygen atoms in total. The van der Waals surface area contributed by atoms with Crippen molar-refractivity contribution in [2.45, 2.75) is 19.9 Å². The molecule has 0 aromatic heterocycles. The Bertz CT molecular complexity index is 285. The molecule has 0 amide bonds. The first-order valence-corrected chi connectivity index (χ1v) is 5.83. The van der Waals surface area contributed by atoms with Gasteiger partial charge >= 0.3 is 0 Å². The fraction of sp³-hybridized carbons (Fsp3) is 0.455. The molecule has 0 bridgehead atoms. The van der Waals surface area contributed by atoms with Gasteiger partial charge in [0.05, 0.1) is 0 Å². The lowest BCUT2D eigenvalue weighted by Crippen LogP contribution is -2.33. The van der Waals surface area contributed by atoms with Crippen LogP contribution >= 0.6 is 11.8 Å². The Morgan fingerprint density at radius 1 is 1.23 bits per heavy atom. The van der Waals surface area contributed by atoms with E-state index in [9.17, 15) is 0 Å². The van der Waals surface area contributed by atoms with Gasteiger partial charge in [-0.2, -0.15) is 11.8 Å². The summed E-state index contributed by atoms with van der Waals surface area (Å²) < 4.78 is 0. The molecule has 13 heavy (non-hydrogen) atoms. The summed E-state index contributed by atoms with van der Waals surface area (Å²) >= 11 is 2.01. The van der Waals surface area contributed by atoms with E-state index < -0.39 is 0 Å². The minimum absolute atomic E-state index is 0.699. The smallest absolute Gasteiger partial charge is 0.0442 e. The van der Waals surface area contributed by atoms with Crippen LogP contribution in [0.4, 0.5) is 5.69 Å². The van der Waals surface area contributed by atoms with Crippen LogP contribution in [0.25, 0.3) is 0 Å². The van der Waals surface area contributed by atoms with E-state index in [4.69, 9.17) is 0 Å². The fourth-order valence-corrected chi connectivity index (χ4v) is 2.20. The molecule has 0 aliphatic carbocycles. The van der Waals surface area contributed by atoms with E-state index in [2.05, 4.69) is 37.4 Å². The van der Waals surface area contributed by atoms with Crippen LogP contribution in [0.2, 0.25) is 0 Å². The molecule has 0 radical (unpaired) electrons. The zero-order valence-corrected chi connectivity index (χ0v) is 8.95. The van der Waals surface area contributed by atoms with Crippen molar-refractivity contribution in [2.24, 2.45) is 0 Å². The average Bonchev–Trinajstić information content (AvgIpc) is 2.00. The Morgan fingerprint density at radius 3 is 2.31 bits per heavy atom. The number of anilines is 1. The van der Waals surface area contributed by atoms with Crippen LogP contribution in [-0.2, 0) is 0 Å². The van der Waals surface area contributed by atoms with Gasteiger partial charge in [-0.15, -0.1) is 0 Å². The Morgan fingerprint density at radius 2 is 1.85 bits per heavy atom. The molecule has 1 saturated heterocycles. The van der Waals surface area contributed by atoms with Crippen LogP contribution in [0, 0.1) is 13.8 Å². The summed E-state index contributed by atoms with van der Waals surface area (Å²) in [6.45, 7) is 4.34. The lowest BCUT2D eigenvalue weighted by Gasteiger charge is -2.28. The van der Waals surface area contributed by atoms with Crippen LogP contribution in [0.5, 0.6) is 0 Å². The quantitative estimate of drug-likeness (QED) is 0.775. The molecule has 1 aliphatic heterocycles. The SMILES string of the molecule is Cc1cccc(C)c1NC1CSC1. The predicted octanol–water partition coefficient (Wildman–Crippen LogP) is 2.83. The van der Waals surface area contributed by atoms with E-state index in [0.717, 1.165) is 0 Å².